The minimum Gasteiger partial charge on any atom is -0.444 e. The summed E-state index contributed by atoms with van der Waals surface area (Å²) < 4.78 is 5.26. The highest BCUT2D eigenvalue weighted by Gasteiger charge is 2.18. The Labute approximate surface area is 130 Å². The first-order valence-corrected chi connectivity index (χ1v) is 8.03. The summed E-state index contributed by atoms with van der Waals surface area (Å²) in [4.78, 5) is 11.7. The summed E-state index contributed by atoms with van der Waals surface area (Å²) in [5.74, 6) is 0.294. The predicted molar refractivity (Wildman–Crippen MR) is 86.6 cm³/mol. The predicted octanol–water partition coefficient (Wildman–Crippen LogP) is 4.39. The van der Waals surface area contributed by atoms with E-state index in [1.165, 1.54) is 11.1 Å². The summed E-state index contributed by atoms with van der Waals surface area (Å²) in [7, 11) is 0. The zero-order valence-electron chi connectivity index (χ0n) is 12.7. The number of alkyl halides is 1. The number of hydrogen-bond acceptors (Lipinski definition) is 2. The Balaban J connectivity index is 2.59. The number of amides is 1. The van der Waals surface area contributed by atoms with Crippen molar-refractivity contribution in [3.8, 4) is 0 Å². The smallest absolute Gasteiger partial charge is 0.407 e. The molecular weight excluding hydrogens is 318 g/mol. The van der Waals surface area contributed by atoms with Crippen LogP contribution in [0.4, 0.5) is 4.79 Å². The first-order valence-electron chi connectivity index (χ1n) is 6.91. The van der Waals surface area contributed by atoms with Crippen molar-refractivity contribution in [2.75, 3.05) is 11.9 Å². The van der Waals surface area contributed by atoms with Crippen LogP contribution in [0.25, 0.3) is 0 Å². The SMILES string of the molecule is Cc1ccc(C(CCBr)CNC(=O)OC(C)(C)C)cc1. The van der Waals surface area contributed by atoms with Gasteiger partial charge in [-0.05, 0) is 39.7 Å². The maximum absolute atomic E-state index is 11.7. The van der Waals surface area contributed by atoms with E-state index in [-0.39, 0.29) is 6.09 Å². The molecule has 1 aromatic rings. The molecule has 1 unspecified atom stereocenters. The molecule has 0 radical (unpaired) electrons. The Bertz CT molecular complexity index is 423. The maximum atomic E-state index is 11.7. The van der Waals surface area contributed by atoms with Crippen molar-refractivity contribution in [3.63, 3.8) is 0 Å². The van der Waals surface area contributed by atoms with Crippen LogP contribution < -0.4 is 5.32 Å². The van der Waals surface area contributed by atoms with E-state index >= 15 is 0 Å². The van der Waals surface area contributed by atoms with Gasteiger partial charge in [0, 0.05) is 17.8 Å². The molecule has 0 aliphatic rings. The van der Waals surface area contributed by atoms with Gasteiger partial charge >= 0.3 is 6.09 Å². The fourth-order valence-corrected chi connectivity index (χ4v) is 2.43. The number of carbonyl (C=O) groups is 1. The second-order valence-electron chi connectivity index (χ2n) is 5.97. The summed E-state index contributed by atoms with van der Waals surface area (Å²) in [6, 6.07) is 8.45. The van der Waals surface area contributed by atoms with E-state index in [2.05, 4.69) is 52.4 Å². The number of aryl methyl sites for hydroxylation is 1. The van der Waals surface area contributed by atoms with Gasteiger partial charge in [-0.1, -0.05) is 45.8 Å². The van der Waals surface area contributed by atoms with Crippen molar-refractivity contribution in [1.29, 1.82) is 0 Å². The summed E-state index contributed by atoms with van der Waals surface area (Å²) in [5.41, 5.74) is 2.02. The van der Waals surface area contributed by atoms with Crippen LogP contribution in [0.1, 0.15) is 44.2 Å². The molecule has 0 bridgehead atoms. The topological polar surface area (TPSA) is 38.3 Å². The molecule has 0 aliphatic carbocycles. The fraction of sp³-hybridized carbons (Fsp3) is 0.562. The van der Waals surface area contributed by atoms with Crippen molar-refractivity contribution in [1.82, 2.24) is 5.32 Å². The number of alkyl carbamates (subject to hydrolysis) is 1. The first kappa shape index (κ1) is 17.0. The molecule has 3 nitrogen and oxygen atoms in total. The Kier molecular flexibility index (Phi) is 6.53. The van der Waals surface area contributed by atoms with E-state index in [1.54, 1.807) is 0 Å². The number of rotatable bonds is 5. The number of carbonyl (C=O) groups excluding carboxylic acids is 1. The molecule has 0 fully saturated rings. The molecule has 20 heavy (non-hydrogen) atoms. The lowest BCUT2D eigenvalue weighted by Gasteiger charge is -2.22. The van der Waals surface area contributed by atoms with Gasteiger partial charge in [0.15, 0.2) is 0 Å². The van der Waals surface area contributed by atoms with Crippen molar-refractivity contribution in [2.24, 2.45) is 0 Å². The molecule has 1 rings (SSSR count). The van der Waals surface area contributed by atoms with Gasteiger partial charge in [0.1, 0.15) is 5.60 Å². The highest BCUT2D eigenvalue weighted by molar-refractivity contribution is 9.09. The Morgan fingerprint density at radius 2 is 1.90 bits per heavy atom. The lowest BCUT2D eigenvalue weighted by molar-refractivity contribution is 0.0524. The van der Waals surface area contributed by atoms with Crippen LogP contribution >= 0.6 is 15.9 Å². The maximum Gasteiger partial charge on any atom is 0.407 e. The molecule has 0 aliphatic heterocycles. The Morgan fingerprint density at radius 3 is 2.40 bits per heavy atom. The number of benzene rings is 1. The molecular formula is C16H24BrNO2. The lowest BCUT2D eigenvalue weighted by Crippen LogP contribution is -2.34. The minimum absolute atomic E-state index is 0.294. The zero-order chi connectivity index (χ0) is 15.2. The van der Waals surface area contributed by atoms with Crippen LogP contribution in [0.2, 0.25) is 0 Å². The molecule has 1 aromatic carbocycles. The number of halogens is 1. The molecule has 4 heteroatoms. The quantitative estimate of drug-likeness (QED) is 0.806. The highest BCUT2D eigenvalue weighted by atomic mass is 79.9. The van der Waals surface area contributed by atoms with Crippen LogP contribution in [0.5, 0.6) is 0 Å². The highest BCUT2D eigenvalue weighted by Crippen LogP contribution is 2.20. The fourth-order valence-electron chi connectivity index (χ4n) is 1.88. The molecule has 0 spiro atoms. The normalized spacial score (nSPS) is 12.8. The van der Waals surface area contributed by atoms with Crippen molar-refractivity contribution >= 4 is 22.0 Å². The van der Waals surface area contributed by atoms with E-state index in [9.17, 15) is 4.79 Å². The third-order valence-electron chi connectivity index (χ3n) is 2.90. The van der Waals surface area contributed by atoms with Crippen molar-refractivity contribution < 1.29 is 9.53 Å². The summed E-state index contributed by atoms with van der Waals surface area (Å²) in [6.07, 6.45) is 0.614. The monoisotopic (exact) mass is 341 g/mol. The van der Waals surface area contributed by atoms with Gasteiger partial charge < -0.3 is 10.1 Å². The molecule has 0 aromatic heterocycles. The minimum atomic E-state index is -0.459. The van der Waals surface area contributed by atoms with Gasteiger partial charge in [-0.15, -0.1) is 0 Å². The van der Waals surface area contributed by atoms with Crippen LogP contribution in [-0.4, -0.2) is 23.6 Å². The van der Waals surface area contributed by atoms with Crippen LogP contribution in [0.3, 0.4) is 0 Å². The summed E-state index contributed by atoms with van der Waals surface area (Å²) >= 11 is 3.47. The van der Waals surface area contributed by atoms with Crippen molar-refractivity contribution in [3.05, 3.63) is 35.4 Å². The molecule has 0 saturated heterocycles. The van der Waals surface area contributed by atoms with Gasteiger partial charge in [0.2, 0.25) is 0 Å². The second-order valence-corrected chi connectivity index (χ2v) is 6.76. The summed E-state index contributed by atoms with van der Waals surface area (Å²) in [5, 5.41) is 3.76. The van der Waals surface area contributed by atoms with Gasteiger partial charge in [0.25, 0.3) is 0 Å². The first-order chi connectivity index (χ1) is 9.31. The van der Waals surface area contributed by atoms with Gasteiger partial charge in [0.05, 0.1) is 0 Å². The second kappa shape index (κ2) is 7.67. The van der Waals surface area contributed by atoms with Crippen LogP contribution in [-0.2, 0) is 4.74 Å². The number of hydrogen-bond donors (Lipinski definition) is 1. The standard InChI is InChI=1S/C16H24BrNO2/c1-12-5-7-13(8-6-12)14(9-10-17)11-18-15(19)20-16(2,3)4/h5-8,14H,9-11H2,1-4H3,(H,18,19). The summed E-state index contributed by atoms with van der Waals surface area (Å²) in [6.45, 7) is 8.25. The lowest BCUT2D eigenvalue weighted by atomic mass is 9.96. The zero-order valence-corrected chi connectivity index (χ0v) is 14.3. The van der Waals surface area contributed by atoms with Gasteiger partial charge in [-0.25, -0.2) is 4.79 Å². The van der Waals surface area contributed by atoms with E-state index in [4.69, 9.17) is 4.74 Å². The molecule has 0 heterocycles. The van der Waals surface area contributed by atoms with E-state index in [0.29, 0.717) is 12.5 Å². The third-order valence-corrected chi connectivity index (χ3v) is 3.36. The number of nitrogens with one attached hydrogen (secondary N) is 1. The van der Waals surface area contributed by atoms with Gasteiger partial charge in [-0.3, -0.25) is 0 Å². The average molecular weight is 342 g/mol. The third kappa shape index (κ3) is 6.42. The van der Waals surface area contributed by atoms with Crippen molar-refractivity contribution in [2.45, 2.75) is 45.6 Å². The Hall–Kier alpha value is -1.03. The van der Waals surface area contributed by atoms with Crippen LogP contribution in [0.15, 0.2) is 24.3 Å². The number of ether oxygens (including phenoxy) is 1. The molecule has 1 amide bonds. The largest absolute Gasteiger partial charge is 0.444 e. The van der Waals surface area contributed by atoms with Crippen LogP contribution in [0, 0.1) is 6.92 Å². The molecule has 0 saturated carbocycles. The van der Waals surface area contributed by atoms with E-state index in [0.717, 1.165) is 11.8 Å². The van der Waals surface area contributed by atoms with E-state index in [1.807, 2.05) is 20.8 Å². The molecule has 112 valence electrons. The molecule has 1 atom stereocenters. The van der Waals surface area contributed by atoms with E-state index < -0.39 is 5.60 Å². The molecule has 1 N–H and O–H groups in total. The Morgan fingerprint density at radius 1 is 1.30 bits per heavy atom. The van der Waals surface area contributed by atoms with Gasteiger partial charge in [-0.2, -0.15) is 0 Å². The average Bonchev–Trinajstić information content (AvgIpc) is 2.33.